The van der Waals surface area contributed by atoms with E-state index in [-0.39, 0.29) is 6.04 Å². The van der Waals surface area contributed by atoms with Crippen molar-refractivity contribution >= 4 is 0 Å². The first-order chi connectivity index (χ1) is 5.63. The van der Waals surface area contributed by atoms with Crippen LogP contribution in [0.1, 0.15) is 32.4 Å². The predicted molar refractivity (Wildman–Crippen MR) is 49.5 cm³/mol. The van der Waals surface area contributed by atoms with Crippen molar-refractivity contribution in [3.05, 3.63) is 18.0 Å². The molecule has 2 unspecified atom stereocenters. The molecule has 68 valence electrons. The van der Waals surface area contributed by atoms with E-state index in [4.69, 9.17) is 5.73 Å². The van der Waals surface area contributed by atoms with Crippen molar-refractivity contribution in [1.82, 2.24) is 10.2 Å². The maximum absolute atomic E-state index is 6.02. The SMILES string of the molecule is CC(C)C(C)C(N)c1cn[nH]c1. The number of rotatable bonds is 3. The van der Waals surface area contributed by atoms with E-state index in [1.165, 1.54) is 0 Å². The molecular formula is C9H17N3. The zero-order valence-corrected chi connectivity index (χ0v) is 7.91. The quantitative estimate of drug-likeness (QED) is 0.720. The van der Waals surface area contributed by atoms with Gasteiger partial charge in [0.2, 0.25) is 0 Å². The summed E-state index contributed by atoms with van der Waals surface area (Å²) in [5.41, 5.74) is 7.12. The van der Waals surface area contributed by atoms with Gasteiger partial charge in [0.05, 0.1) is 6.20 Å². The Labute approximate surface area is 73.4 Å². The molecule has 0 saturated carbocycles. The molecule has 0 spiro atoms. The number of aromatic amines is 1. The second-order valence-corrected chi connectivity index (χ2v) is 3.66. The molecule has 2 atom stereocenters. The Morgan fingerprint density at radius 1 is 1.42 bits per heavy atom. The standard InChI is InChI=1S/C9H17N3/c1-6(2)7(3)9(10)8-4-11-12-5-8/h4-7,9H,10H2,1-3H3,(H,11,12). The number of nitrogens with zero attached hydrogens (tertiary/aromatic N) is 1. The van der Waals surface area contributed by atoms with Crippen LogP contribution in [0.4, 0.5) is 0 Å². The highest BCUT2D eigenvalue weighted by Gasteiger charge is 2.18. The van der Waals surface area contributed by atoms with Gasteiger partial charge in [0.15, 0.2) is 0 Å². The molecule has 0 saturated heterocycles. The van der Waals surface area contributed by atoms with Crippen molar-refractivity contribution in [1.29, 1.82) is 0 Å². The van der Waals surface area contributed by atoms with Crippen LogP contribution < -0.4 is 5.73 Å². The molecule has 1 aromatic rings. The molecule has 3 heteroatoms. The van der Waals surface area contributed by atoms with E-state index in [9.17, 15) is 0 Å². The smallest absolute Gasteiger partial charge is 0.0535 e. The third-order valence-electron chi connectivity index (χ3n) is 2.52. The van der Waals surface area contributed by atoms with Gasteiger partial charge in [0, 0.05) is 17.8 Å². The monoisotopic (exact) mass is 167 g/mol. The molecule has 0 amide bonds. The largest absolute Gasteiger partial charge is 0.324 e. The summed E-state index contributed by atoms with van der Waals surface area (Å²) in [6.45, 7) is 6.54. The third kappa shape index (κ3) is 1.85. The average Bonchev–Trinajstić information content (AvgIpc) is 2.53. The summed E-state index contributed by atoms with van der Waals surface area (Å²) < 4.78 is 0. The molecule has 1 aromatic heterocycles. The average molecular weight is 167 g/mol. The van der Waals surface area contributed by atoms with Crippen LogP contribution in [0.5, 0.6) is 0 Å². The molecule has 0 aliphatic heterocycles. The molecule has 0 bridgehead atoms. The summed E-state index contributed by atoms with van der Waals surface area (Å²) in [5.74, 6) is 1.09. The van der Waals surface area contributed by atoms with Crippen LogP contribution in [0.25, 0.3) is 0 Å². The van der Waals surface area contributed by atoms with Crippen molar-refractivity contribution in [3.63, 3.8) is 0 Å². The number of H-pyrrole nitrogens is 1. The summed E-state index contributed by atoms with van der Waals surface area (Å²) in [6, 6.07) is 0.101. The Morgan fingerprint density at radius 3 is 2.50 bits per heavy atom. The fraction of sp³-hybridized carbons (Fsp3) is 0.667. The van der Waals surface area contributed by atoms with Crippen molar-refractivity contribution in [2.75, 3.05) is 0 Å². The Bertz CT molecular complexity index is 216. The van der Waals surface area contributed by atoms with Gasteiger partial charge >= 0.3 is 0 Å². The first-order valence-electron chi connectivity index (χ1n) is 4.37. The van der Waals surface area contributed by atoms with E-state index < -0.39 is 0 Å². The van der Waals surface area contributed by atoms with Gasteiger partial charge in [-0.2, -0.15) is 5.10 Å². The van der Waals surface area contributed by atoms with E-state index in [1.807, 2.05) is 6.20 Å². The number of nitrogens with one attached hydrogen (secondary N) is 1. The van der Waals surface area contributed by atoms with Crippen LogP contribution in [0.3, 0.4) is 0 Å². The molecule has 0 fully saturated rings. The van der Waals surface area contributed by atoms with Crippen LogP contribution >= 0.6 is 0 Å². The fourth-order valence-corrected chi connectivity index (χ4v) is 1.16. The van der Waals surface area contributed by atoms with Crippen LogP contribution in [-0.4, -0.2) is 10.2 Å². The Kier molecular flexibility index (Phi) is 2.87. The summed E-state index contributed by atoms with van der Waals surface area (Å²) in [5, 5.41) is 6.65. The maximum Gasteiger partial charge on any atom is 0.0535 e. The number of aromatic nitrogens is 2. The molecule has 0 aliphatic rings. The first kappa shape index (κ1) is 9.26. The fourth-order valence-electron chi connectivity index (χ4n) is 1.16. The lowest BCUT2D eigenvalue weighted by atomic mass is 9.88. The molecular weight excluding hydrogens is 150 g/mol. The molecule has 0 radical (unpaired) electrons. The van der Waals surface area contributed by atoms with Crippen LogP contribution in [0, 0.1) is 11.8 Å². The highest BCUT2D eigenvalue weighted by Crippen LogP contribution is 2.24. The van der Waals surface area contributed by atoms with Gasteiger partial charge in [-0.15, -0.1) is 0 Å². The van der Waals surface area contributed by atoms with Gasteiger partial charge < -0.3 is 5.73 Å². The number of nitrogens with two attached hydrogens (primary N) is 1. The molecule has 1 rings (SSSR count). The van der Waals surface area contributed by atoms with Gasteiger partial charge in [-0.05, 0) is 11.8 Å². The molecule has 0 aliphatic carbocycles. The summed E-state index contributed by atoms with van der Waals surface area (Å²) in [7, 11) is 0. The zero-order valence-electron chi connectivity index (χ0n) is 7.91. The van der Waals surface area contributed by atoms with Gasteiger partial charge in [-0.1, -0.05) is 20.8 Å². The summed E-state index contributed by atoms with van der Waals surface area (Å²) in [6.07, 6.45) is 3.66. The topological polar surface area (TPSA) is 54.7 Å². The second kappa shape index (κ2) is 3.72. The minimum Gasteiger partial charge on any atom is -0.324 e. The van der Waals surface area contributed by atoms with Crippen LogP contribution in [0.2, 0.25) is 0 Å². The molecule has 3 nitrogen and oxygen atoms in total. The summed E-state index contributed by atoms with van der Waals surface area (Å²) in [4.78, 5) is 0. The first-order valence-corrected chi connectivity index (χ1v) is 4.37. The lowest BCUT2D eigenvalue weighted by Gasteiger charge is -2.21. The van der Waals surface area contributed by atoms with Crippen molar-refractivity contribution < 1.29 is 0 Å². The highest BCUT2D eigenvalue weighted by molar-refractivity contribution is 5.09. The number of hydrogen-bond donors (Lipinski definition) is 2. The van der Waals surface area contributed by atoms with Gasteiger partial charge in [0.1, 0.15) is 0 Å². The van der Waals surface area contributed by atoms with Crippen LogP contribution in [0.15, 0.2) is 12.4 Å². The van der Waals surface area contributed by atoms with Crippen LogP contribution in [-0.2, 0) is 0 Å². The maximum atomic E-state index is 6.02. The number of hydrogen-bond acceptors (Lipinski definition) is 2. The minimum atomic E-state index is 0.101. The third-order valence-corrected chi connectivity index (χ3v) is 2.52. The van der Waals surface area contributed by atoms with Crippen molar-refractivity contribution in [3.8, 4) is 0 Å². The lowest BCUT2D eigenvalue weighted by molar-refractivity contribution is 0.352. The van der Waals surface area contributed by atoms with E-state index in [0.29, 0.717) is 11.8 Å². The van der Waals surface area contributed by atoms with Gasteiger partial charge in [-0.25, -0.2) is 0 Å². The van der Waals surface area contributed by atoms with Gasteiger partial charge in [0.25, 0.3) is 0 Å². The minimum absolute atomic E-state index is 0.101. The van der Waals surface area contributed by atoms with Crippen molar-refractivity contribution in [2.24, 2.45) is 17.6 Å². The molecule has 12 heavy (non-hydrogen) atoms. The lowest BCUT2D eigenvalue weighted by Crippen LogP contribution is -2.22. The van der Waals surface area contributed by atoms with E-state index >= 15 is 0 Å². The Balaban J connectivity index is 2.65. The molecule has 3 N–H and O–H groups in total. The van der Waals surface area contributed by atoms with Gasteiger partial charge in [-0.3, -0.25) is 5.10 Å². The Morgan fingerprint density at radius 2 is 2.08 bits per heavy atom. The normalized spacial score (nSPS) is 16.4. The highest BCUT2D eigenvalue weighted by atomic mass is 15.1. The van der Waals surface area contributed by atoms with E-state index in [0.717, 1.165) is 5.56 Å². The molecule has 0 aromatic carbocycles. The van der Waals surface area contributed by atoms with E-state index in [2.05, 4.69) is 31.0 Å². The molecule has 1 heterocycles. The van der Waals surface area contributed by atoms with Crippen molar-refractivity contribution in [2.45, 2.75) is 26.8 Å². The predicted octanol–water partition coefficient (Wildman–Crippen LogP) is 1.70. The Hall–Kier alpha value is -0.830. The second-order valence-electron chi connectivity index (χ2n) is 3.66. The summed E-state index contributed by atoms with van der Waals surface area (Å²) >= 11 is 0. The van der Waals surface area contributed by atoms with E-state index in [1.54, 1.807) is 6.20 Å². The zero-order chi connectivity index (χ0) is 9.14.